The SMILES string of the molecule is CC.CC.CC.CN1CCNC12CCCNC2. The van der Waals surface area contributed by atoms with Crippen LogP contribution in [0.5, 0.6) is 0 Å². The predicted molar refractivity (Wildman–Crippen MR) is 79.5 cm³/mol. The smallest absolute Gasteiger partial charge is 0.0839 e. The second kappa shape index (κ2) is 12.3. The third-order valence-corrected chi connectivity index (χ3v) is 2.99. The van der Waals surface area contributed by atoms with Crippen molar-refractivity contribution in [2.75, 3.05) is 33.2 Å². The molecule has 17 heavy (non-hydrogen) atoms. The standard InChI is InChI=1S/C8H17N3.3C2H6/c1-11-6-5-10-8(11)3-2-4-9-7-8;3*1-2/h9-10H,2-7H2,1H3;3*1-2H3. The second-order valence-electron chi connectivity index (χ2n) is 3.66. The number of hydrogen-bond acceptors (Lipinski definition) is 3. The number of nitrogens with zero attached hydrogens (tertiary/aromatic N) is 1. The van der Waals surface area contributed by atoms with E-state index in [1.807, 2.05) is 41.5 Å². The third-order valence-electron chi connectivity index (χ3n) is 2.99. The molecule has 2 fully saturated rings. The van der Waals surface area contributed by atoms with Gasteiger partial charge in [0.1, 0.15) is 0 Å². The van der Waals surface area contributed by atoms with Crippen molar-refractivity contribution in [3.63, 3.8) is 0 Å². The molecule has 106 valence electrons. The number of nitrogens with one attached hydrogen (secondary N) is 2. The fourth-order valence-corrected chi connectivity index (χ4v) is 2.17. The highest BCUT2D eigenvalue weighted by atomic mass is 15.4. The monoisotopic (exact) mass is 245 g/mol. The second-order valence-corrected chi connectivity index (χ2v) is 3.66. The lowest BCUT2D eigenvalue weighted by molar-refractivity contribution is 0.114. The summed E-state index contributed by atoms with van der Waals surface area (Å²) < 4.78 is 0. The first-order valence-corrected chi connectivity index (χ1v) is 7.50. The van der Waals surface area contributed by atoms with Crippen LogP contribution < -0.4 is 10.6 Å². The summed E-state index contributed by atoms with van der Waals surface area (Å²) in [5.41, 5.74) is 0.304. The van der Waals surface area contributed by atoms with Gasteiger partial charge in [0.25, 0.3) is 0 Å². The molecule has 1 spiro atoms. The Balaban J connectivity index is 0. The van der Waals surface area contributed by atoms with Gasteiger partial charge in [0, 0.05) is 19.6 Å². The summed E-state index contributed by atoms with van der Waals surface area (Å²) in [7, 11) is 2.22. The Kier molecular flexibility index (Phi) is 14.0. The molecular formula is C14H35N3. The lowest BCUT2D eigenvalue weighted by atomic mass is 10.00. The number of rotatable bonds is 0. The number of piperidine rings is 1. The van der Waals surface area contributed by atoms with Crippen LogP contribution in [0.25, 0.3) is 0 Å². The summed E-state index contributed by atoms with van der Waals surface area (Å²) in [5.74, 6) is 0. The molecule has 2 saturated heterocycles. The van der Waals surface area contributed by atoms with Gasteiger partial charge < -0.3 is 5.32 Å². The summed E-state index contributed by atoms with van der Waals surface area (Å²) in [6, 6.07) is 0. The topological polar surface area (TPSA) is 27.3 Å². The Hall–Kier alpha value is -0.120. The molecule has 2 rings (SSSR count). The van der Waals surface area contributed by atoms with E-state index in [0.29, 0.717) is 5.66 Å². The van der Waals surface area contributed by atoms with Crippen molar-refractivity contribution in [2.24, 2.45) is 0 Å². The van der Waals surface area contributed by atoms with Crippen LogP contribution in [0.15, 0.2) is 0 Å². The van der Waals surface area contributed by atoms with Crippen LogP contribution in [0.2, 0.25) is 0 Å². The molecular weight excluding hydrogens is 210 g/mol. The highest BCUT2D eigenvalue weighted by Gasteiger charge is 2.38. The molecule has 0 aromatic carbocycles. The number of likely N-dealkylation sites (N-methyl/N-ethyl adjacent to an activating group) is 1. The van der Waals surface area contributed by atoms with Crippen LogP contribution in [0.3, 0.4) is 0 Å². The number of hydrogen-bond donors (Lipinski definition) is 2. The van der Waals surface area contributed by atoms with E-state index in [-0.39, 0.29) is 0 Å². The van der Waals surface area contributed by atoms with E-state index >= 15 is 0 Å². The van der Waals surface area contributed by atoms with Crippen molar-refractivity contribution < 1.29 is 0 Å². The van der Waals surface area contributed by atoms with Gasteiger partial charge in [0.15, 0.2) is 0 Å². The molecule has 2 heterocycles. The fourth-order valence-electron chi connectivity index (χ4n) is 2.17. The van der Waals surface area contributed by atoms with Crippen molar-refractivity contribution in [2.45, 2.75) is 60.0 Å². The van der Waals surface area contributed by atoms with Crippen LogP contribution in [-0.2, 0) is 0 Å². The third kappa shape index (κ3) is 5.84. The molecule has 2 aliphatic rings. The van der Waals surface area contributed by atoms with Crippen molar-refractivity contribution in [1.29, 1.82) is 0 Å². The largest absolute Gasteiger partial charge is 0.314 e. The molecule has 0 amide bonds. The summed E-state index contributed by atoms with van der Waals surface area (Å²) in [6.45, 7) is 16.7. The van der Waals surface area contributed by atoms with E-state index in [9.17, 15) is 0 Å². The van der Waals surface area contributed by atoms with Crippen molar-refractivity contribution >= 4 is 0 Å². The predicted octanol–water partition coefficient (Wildman–Crippen LogP) is 2.68. The zero-order valence-electron chi connectivity index (χ0n) is 13.2. The van der Waals surface area contributed by atoms with E-state index < -0.39 is 0 Å². The summed E-state index contributed by atoms with van der Waals surface area (Å²) >= 11 is 0. The van der Waals surface area contributed by atoms with Crippen LogP contribution in [-0.4, -0.2) is 43.8 Å². The highest BCUT2D eigenvalue weighted by molar-refractivity contribution is 4.96. The zero-order valence-corrected chi connectivity index (χ0v) is 13.2. The Morgan fingerprint density at radius 1 is 0.941 bits per heavy atom. The van der Waals surface area contributed by atoms with Gasteiger partial charge in [-0.3, -0.25) is 10.2 Å². The minimum absolute atomic E-state index is 0.304. The Bertz CT molecular complexity index is 142. The Morgan fingerprint density at radius 3 is 1.88 bits per heavy atom. The maximum absolute atomic E-state index is 3.59. The van der Waals surface area contributed by atoms with Gasteiger partial charge in [0.2, 0.25) is 0 Å². The molecule has 1 unspecified atom stereocenters. The highest BCUT2D eigenvalue weighted by Crippen LogP contribution is 2.22. The van der Waals surface area contributed by atoms with Gasteiger partial charge >= 0.3 is 0 Å². The van der Waals surface area contributed by atoms with Crippen molar-refractivity contribution in [3.05, 3.63) is 0 Å². The maximum atomic E-state index is 3.59. The molecule has 0 radical (unpaired) electrons. The van der Waals surface area contributed by atoms with E-state index in [0.717, 1.165) is 13.1 Å². The lowest BCUT2D eigenvalue weighted by Crippen LogP contribution is -2.59. The molecule has 0 bridgehead atoms. The van der Waals surface area contributed by atoms with Gasteiger partial charge in [-0.1, -0.05) is 41.5 Å². The molecule has 3 nitrogen and oxygen atoms in total. The fraction of sp³-hybridized carbons (Fsp3) is 1.00. The van der Waals surface area contributed by atoms with E-state index in [1.165, 1.54) is 25.9 Å². The Morgan fingerprint density at radius 2 is 1.53 bits per heavy atom. The Labute approximate surface area is 109 Å². The van der Waals surface area contributed by atoms with E-state index in [1.54, 1.807) is 0 Å². The first-order chi connectivity index (χ1) is 8.33. The van der Waals surface area contributed by atoms with Crippen molar-refractivity contribution in [1.82, 2.24) is 15.5 Å². The van der Waals surface area contributed by atoms with E-state index in [2.05, 4.69) is 22.6 Å². The molecule has 2 aliphatic heterocycles. The minimum Gasteiger partial charge on any atom is -0.314 e. The van der Waals surface area contributed by atoms with Crippen LogP contribution >= 0.6 is 0 Å². The van der Waals surface area contributed by atoms with Gasteiger partial charge in [-0.2, -0.15) is 0 Å². The van der Waals surface area contributed by atoms with Crippen LogP contribution in [0.1, 0.15) is 54.4 Å². The summed E-state index contributed by atoms with van der Waals surface area (Å²) in [5, 5.41) is 7.03. The van der Waals surface area contributed by atoms with E-state index in [4.69, 9.17) is 0 Å². The zero-order chi connectivity index (χ0) is 13.7. The normalized spacial score (nSPS) is 27.0. The average molecular weight is 245 g/mol. The molecule has 2 N–H and O–H groups in total. The van der Waals surface area contributed by atoms with Crippen molar-refractivity contribution in [3.8, 4) is 0 Å². The van der Waals surface area contributed by atoms with Crippen LogP contribution in [0.4, 0.5) is 0 Å². The summed E-state index contributed by atoms with van der Waals surface area (Å²) in [4.78, 5) is 2.44. The molecule has 0 aromatic rings. The first kappa shape index (κ1) is 19.2. The summed E-state index contributed by atoms with van der Waals surface area (Å²) in [6.07, 6.45) is 2.60. The first-order valence-electron chi connectivity index (χ1n) is 7.50. The van der Waals surface area contributed by atoms with Gasteiger partial charge in [-0.05, 0) is 26.4 Å². The van der Waals surface area contributed by atoms with Gasteiger partial charge in [0.05, 0.1) is 5.66 Å². The minimum atomic E-state index is 0.304. The molecule has 1 atom stereocenters. The molecule has 0 saturated carbocycles. The lowest BCUT2D eigenvalue weighted by Gasteiger charge is -2.39. The molecule has 0 aliphatic carbocycles. The van der Waals surface area contributed by atoms with Gasteiger partial charge in [-0.25, -0.2) is 0 Å². The molecule has 0 aromatic heterocycles. The molecule has 3 heteroatoms. The average Bonchev–Trinajstić information content (AvgIpc) is 2.79. The quantitative estimate of drug-likeness (QED) is 0.687. The van der Waals surface area contributed by atoms with Crippen LogP contribution in [0, 0.1) is 0 Å². The van der Waals surface area contributed by atoms with Gasteiger partial charge in [-0.15, -0.1) is 0 Å². The maximum Gasteiger partial charge on any atom is 0.0839 e.